The molecule has 3 rings (SSSR count). The lowest BCUT2D eigenvalue weighted by atomic mass is 10.1. The number of carbonyl (C=O) groups is 1. The summed E-state index contributed by atoms with van der Waals surface area (Å²) < 4.78 is 0. The lowest BCUT2D eigenvalue weighted by molar-refractivity contribution is 0.0949. The summed E-state index contributed by atoms with van der Waals surface area (Å²) in [4.78, 5) is 15.8. The number of carbonyl (C=O) groups excluding carboxylic acids is 1. The summed E-state index contributed by atoms with van der Waals surface area (Å²) in [5.74, 6) is -0.0216. The van der Waals surface area contributed by atoms with Crippen molar-refractivity contribution in [2.45, 2.75) is 26.7 Å². The Balaban J connectivity index is 1.75. The fourth-order valence-electron chi connectivity index (χ4n) is 2.98. The maximum atomic E-state index is 12.5. The lowest BCUT2D eigenvalue weighted by Gasteiger charge is -2.06. The molecule has 23 heavy (non-hydrogen) atoms. The van der Waals surface area contributed by atoms with Crippen LogP contribution in [-0.2, 0) is 12.8 Å². The minimum absolute atomic E-state index is 0.0216. The second-order valence-electron chi connectivity index (χ2n) is 5.87. The van der Waals surface area contributed by atoms with Crippen molar-refractivity contribution in [3.8, 4) is 0 Å². The van der Waals surface area contributed by atoms with E-state index in [1.165, 1.54) is 11.1 Å². The molecule has 0 atom stereocenters. The normalized spacial score (nSPS) is 10.9. The molecule has 3 heteroatoms. The number of fused-ring (bicyclic) bond motifs is 1. The summed E-state index contributed by atoms with van der Waals surface area (Å²) in [6.45, 7) is 4.80. The van der Waals surface area contributed by atoms with Gasteiger partial charge in [0, 0.05) is 17.4 Å². The van der Waals surface area contributed by atoms with Crippen LogP contribution in [0.3, 0.4) is 0 Å². The Morgan fingerprint density at radius 2 is 1.91 bits per heavy atom. The van der Waals surface area contributed by atoms with Crippen LogP contribution in [0.15, 0.2) is 48.5 Å². The van der Waals surface area contributed by atoms with Gasteiger partial charge in [0.05, 0.1) is 0 Å². The molecule has 2 aromatic carbocycles. The van der Waals surface area contributed by atoms with Gasteiger partial charge in [-0.2, -0.15) is 0 Å². The molecule has 0 spiro atoms. The van der Waals surface area contributed by atoms with Gasteiger partial charge in [0.25, 0.3) is 5.91 Å². The van der Waals surface area contributed by atoms with E-state index in [9.17, 15) is 4.79 Å². The van der Waals surface area contributed by atoms with Gasteiger partial charge in [-0.05, 0) is 43.0 Å². The highest BCUT2D eigenvalue weighted by atomic mass is 16.1. The Hall–Kier alpha value is -2.55. The van der Waals surface area contributed by atoms with Crippen LogP contribution < -0.4 is 5.32 Å². The van der Waals surface area contributed by atoms with Crippen molar-refractivity contribution in [3.63, 3.8) is 0 Å². The smallest absolute Gasteiger partial charge is 0.268 e. The molecule has 3 aromatic rings. The zero-order valence-corrected chi connectivity index (χ0v) is 13.6. The van der Waals surface area contributed by atoms with Gasteiger partial charge in [-0.25, -0.2) is 0 Å². The van der Waals surface area contributed by atoms with E-state index in [0.29, 0.717) is 12.2 Å². The number of hydrogen-bond donors (Lipinski definition) is 2. The first kappa shape index (κ1) is 15.3. The summed E-state index contributed by atoms with van der Waals surface area (Å²) in [5, 5.41) is 4.18. The molecule has 1 aromatic heterocycles. The third-order valence-corrected chi connectivity index (χ3v) is 4.18. The van der Waals surface area contributed by atoms with Gasteiger partial charge in [-0.15, -0.1) is 0 Å². The first-order valence-electron chi connectivity index (χ1n) is 8.12. The maximum absolute atomic E-state index is 12.5. The monoisotopic (exact) mass is 306 g/mol. The highest BCUT2D eigenvalue weighted by molar-refractivity contribution is 6.01. The zero-order valence-electron chi connectivity index (χ0n) is 13.6. The largest absolute Gasteiger partial charge is 0.350 e. The first-order chi connectivity index (χ1) is 11.2. The summed E-state index contributed by atoms with van der Waals surface area (Å²) in [6.07, 6.45) is 1.68. The van der Waals surface area contributed by atoms with Crippen molar-refractivity contribution < 1.29 is 4.79 Å². The van der Waals surface area contributed by atoms with Crippen molar-refractivity contribution >= 4 is 16.8 Å². The third-order valence-electron chi connectivity index (χ3n) is 4.18. The molecule has 0 saturated heterocycles. The number of aromatic amines is 1. The second kappa shape index (κ2) is 6.69. The number of aryl methyl sites for hydroxylation is 2. The van der Waals surface area contributed by atoms with E-state index < -0.39 is 0 Å². The molecular weight excluding hydrogens is 284 g/mol. The fraction of sp³-hybridized carbons (Fsp3) is 0.250. The van der Waals surface area contributed by atoms with Crippen LogP contribution in [0.2, 0.25) is 0 Å². The van der Waals surface area contributed by atoms with Crippen molar-refractivity contribution in [2.75, 3.05) is 6.54 Å². The maximum Gasteiger partial charge on any atom is 0.268 e. The molecule has 0 aliphatic carbocycles. The van der Waals surface area contributed by atoms with E-state index in [0.717, 1.165) is 29.3 Å². The van der Waals surface area contributed by atoms with E-state index in [1.807, 2.05) is 24.3 Å². The number of nitrogens with one attached hydrogen (secondary N) is 2. The number of rotatable bonds is 5. The Bertz CT molecular complexity index is 818. The molecule has 1 heterocycles. The average Bonchev–Trinajstić information content (AvgIpc) is 2.93. The summed E-state index contributed by atoms with van der Waals surface area (Å²) in [5.41, 5.74) is 5.26. The van der Waals surface area contributed by atoms with Crippen LogP contribution in [0, 0.1) is 6.92 Å². The van der Waals surface area contributed by atoms with E-state index in [1.54, 1.807) is 0 Å². The molecule has 0 fully saturated rings. The SMILES string of the molecule is CCc1c(C(=O)NCCc2ccccc2)[nH]c2ccc(C)cc12. The van der Waals surface area contributed by atoms with Crippen molar-refractivity contribution in [2.24, 2.45) is 0 Å². The van der Waals surface area contributed by atoms with Gasteiger partial charge in [-0.1, -0.05) is 48.9 Å². The Kier molecular flexibility index (Phi) is 4.47. The summed E-state index contributed by atoms with van der Waals surface area (Å²) >= 11 is 0. The minimum atomic E-state index is -0.0216. The number of hydrogen-bond acceptors (Lipinski definition) is 1. The van der Waals surface area contributed by atoms with Gasteiger partial charge < -0.3 is 10.3 Å². The van der Waals surface area contributed by atoms with Gasteiger partial charge >= 0.3 is 0 Å². The molecule has 0 aliphatic heterocycles. The lowest BCUT2D eigenvalue weighted by Crippen LogP contribution is -2.26. The Morgan fingerprint density at radius 1 is 1.13 bits per heavy atom. The molecule has 0 saturated carbocycles. The molecule has 3 nitrogen and oxygen atoms in total. The van der Waals surface area contributed by atoms with Crippen LogP contribution in [0.4, 0.5) is 0 Å². The first-order valence-corrected chi connectivity index (χ1v) is 8.12. The molecule has 2 N–H and O–H groups in total. The van der Waals surface area contributed by atoms with Gasteiger partial charge in [0.1, 0.15) is 5.69 Å². The standard InChI is InChI=1S/C20H22N2O/c1-3-16-17-13-14(2)9-10-18(17)22-19(16)20(23)21-12-11-15-7-5-4-6-8-15/h4-10,13,22H,3,11-12H2,1-2H3,(H,21,23). The van der Waals surface area contributed by atoms with Crippen LogP contribution in [-0.4, -0.2) is 17.4 Å². The van der Waals surface area contributed by atoms with Gasteiger partial charge in [0.15, 0.2) is 0 Å². The number of aromatic nitrogens is 1. The van der Waals surface area contributed by atoms with Gasteiger partial charge in [-0.3, -0.25) is 4.79 Å². The quantitative estimate of drug-likeness (QED) is 0.735. The zero-order chi connectivity index (χ0) is 16.2. The molecule has 0 bridgehead atoms. The molecule has 118 valence electrons. The summed E-state index contributed by atoms with van der Waals surface area (Å²) in [6, 6.07) is 16.5. The van der Waals surface area contributed by atoms with Crippen molar-refractivity contribution in [1.29, 1.82) is 0 Å². The topological polar surface area (TPSA) is 44.9 Å². The summed E-state index contributed by atoms with van der Waals surface area (Å²) in [7, 11) is 0. The fourth-order valence-corrected chi connectivity index (χ4v) is 2.98. The van der Waals surface area contributed by atoms with Crippen LogP contribution >= 0.6 is 0 Å². The second-order valence-corrected chi connectivity index (χ2v) is 5.87. The van der Waals surface area contributed by atoms with Gasteiger partial charge in [0.2, 0.25) is 0 Å². The predicted octanol–water partition coefficient (Wildman–Crippen LogP) is 4.01. The van der Waals surface area contributed by atoms with Crippen LogP contribution in [0.5, 0.6) is 0 Å². The van der Waals surface area contributed by atoms with Crippen LogP contribution in [0.1, 0.15) is 34.1 Å². The minimum Gasteiger partial charge on any atom is -0.350 e. The molecular formula is C20H22N2O. The molecule has 0 aliphatic rings. The number of benzene rings is 2. The van der Waals surface area contributed by atoms with E-state index in [2.05, 4.69) is 48.4 Å². The average molecular weight is 306 g/mol. The predicted molar refractivity (Wildman–Crippen MR) is 94.9 cm³/mol. The van der Waals surface area contributed by atoms with E-state index >= 15 is 0 Å². The third kappa shape index (κ3) is 3.29. The number of H-pyrrole nitrogens is 1. The molecule has 1 amide bonds. The highest BCUT2D eigenvalue weighted by Gasteiger charge is 2.16. The molecule has 0 radical (unpaired) electrons. The van der Waals surface area contributed by atoms with Crippen LogP contribution in [0.25, 0.3) is 10.9 Å². The van der Waals surface area contributed by atoms with Crippen molar-refractivity contribution in [3.05, 3.63) is 70.9 Å². The van der Waals surface area contributed by atoms with E-state index in [4.69, 9.17) is 0 Å². The molecule has 0 unspecified atom stereocenters. The Labute approximate surface area is 136 Å². The Morgan fingerprint density at radius 3 is 2.65 bits per heavy atom. The highest BCUT2D eigenvalue weighted by Crippen LogP contribution is 2.24. The van der Waals surface area contributed by atoms with Crippen molar-refractivity contribution in [1.82, 2.24) is 10.3 Å². The number of amides is 1. The van der Waals surface area contributed by atoms with E-state index in [-0.39, 0.29) is 5.91 Å².